The van der Waals surface area contributed by atoms with Gasteiger partial charge in [0, 0.05) is 0 Å². The summed E-state index contributed by atoms with van der Waals surface area (Å²) in [6.07, 6.45) is 8.57. The summed E-state index contributed by atoms with van der Waals surface area (Å²) in [6.45, 7) is 14.1. The van der Waals surface area contributed by atoms with E-state index in [0.29, 0.717) is 0 Å². The number of allylic oxidation sites excluding steroid dienone is 4. The van der Waals surface area contributed by atoms with Crippen LogP contribution in [-0.4, -0.2) is 4.26 Å². The summed E-state index contributed by atoms with van der Waals surface area (Å²) in [5, 5.41) is 1.45. The number of fused-ring (bicyclic) bond motifs is 3. The van der Waals surface area contributed by atoms with Crippen LogP contribution in [0.3, 0.4) is 0 Å². The molecule has 56 heavy (non-hydrogen) atoms. The zero-order chi connectivity index (χ0) is 38.1. The van der Waals surface area contributed by atoms with Crippen molar-refractivity contribution in [2.45, 2.75) is 65.2 Å². The maximum absolute atomic E-state index is 7.06. The molecule has 6 aromatic carbocycles. The molecule has 0 heterocycles. The molecule has 8 rings (SSSR count). The van der Waals surface area contributed by atoms with Crippen molar-refractivity contribution >= 4 is 62.2 Å². The van der Waals surface area contributed by atoms with Crippen LogP contribution < -0.4 is 9.96 Å². The Balaban J connectivity index is 0.00000266. The number of benzene rings is 6. The number of rotatable bonds is 6. The fraction of sp³-hybridized carbons (Fsp3) is 0.196. The maximum atomic E-state index is 7.06. The minimum absolute atomic E-state index is 0. The van der Waals surface area contributed by atoms with Gasteiger partial charge < -0.3 is 0 Å². The third-order valence-corrected chi connectivity index (χ3v) is 36.3. The van der Waals surface area contributed by atoms with Gasteiger partial charge in [-0.25, -0.2) is 0 Å². The van der Waals surface area contributed by atoms with Crippen LogP contribution >= 0.6 is 48.0 Å². The van der Waals surface area contributed by atoms with E-state index < -0.39 is 18.0 Å². The van der Waals surface area contributed by atoms with Crippen LogP contribution in [0.15, 0.2) is 149 Å². The normalized spacial score (nSPS) is 13.7. The standard InChI is InChI=1S/C33H33.2C6H4Cl.C5H5.CH2.2ClH.Hf/c1-32(2,3)30-20-26-24(18-28(30)22-13-9-7-10-14-22)17-25-19-29(23-15-11-8-12-16-23)31(21-27(25)26)33(4,5)6;2*7-6-4-2-1-3-5-6;1-2-4-5-3-1;;;;/h7-16,18,20-21H,17H2,1-6H3;2*1-2,4-5H;1-3H,4H2;1H2;2*1H;. The molecular formula is C51H50Cl4Hf. The third kappa shape index (κ3) is 6.80. The van der Waals surface area contributed by atoms with Crippen LogP contribution in [0.25, 0.3) is 33.4 Å². The van der Waals surface area contributed by atoms with Crippen molar-refractivity contribution in [1.82, 2.24) is 0 Å². The molecule has 0 unspecified atom stereocenters. The molecule has 0 N–H and O–H groups in total. The molecule has 0 radical (unpaired) electrons. The molecule has 0 bridgehead atoms. The molecule has 5 heteroatoms. The van der Waals surface area contributed by atoms with E-state index in [0.717, 1.165) is 22.9 Å². The monoisotopic (exact) mass is 982 g/mol. The van der Waals surface area contributed by atoms with Crippen molar-refractivity contribution in [1.29, 1.82) is 0 Å². The second kappa shape index (κ2) is 15.5. The molecular weight excluding hydrogens is 933 g/mol. The first-order valence-corrected chi connectivity index (χ1v) is 29.6. The SMILES string of the molecule is Cl.Cl.[CH2]=[Hf]([C]1=CC=CC1)([c]1cccc(Cl)c1)([c]1cccc(Cl)c1)[c]1c2c(cc(C(C)(C)C)c1-c1ccccc1)-c1cc(C(C)(C)C)c(-c3ccccc3)cc1C2. The fourth-order valence-electron chi connectivity index (χ4n) is 9.47. The van der Waals surface area contributed by atoms with Gasteiger partial charge in [-0.2, -0.15) is 0 Å². The zero-order valence-corrected chi connectivity index (χ0v) is 39.8. The third-order valence-electron chi connectivity index (χ3n) is 12.1. The number of hydrogen-bond acceptors (Lipinski definition) is 0. The Morgan fingerprint density at radius 2 is 1.11 bits per heavy atom. The Labute approximate surface area is 357 Å². The molecule has 0 fully saturated rings. The van der Waals surface area contributed by atoms with E-state index in [2.05, 4.69) is 175 Å². The Bertz CT molecular complexity index is 2530. The summed E-state index contributed by atoms with van der Waals surface area (Å²) in [5.41, 5.74) is 13.0. The van der Waals surface area contributed by atoms with E-state index in [9.17, 15) is 0 Å². The van der Waals surface area contributed by atoms with Crippen molar-refractivity contribution in [3.8, 4) is 33.4 Å². The predicted molar refractivity (Wildman–Crippen MR) is 248 cm³/mol. The average Bonchev–Trinajstić information content (AvgIpc) is 3.83. The van der Waals surface area contributed by atoms with Gasteiger partial charge >= 0.3 is 335 Å². The Hall–Kier alpha value is -3.30. The van der Waals surface area contributed by atoms with Gasteiger partial charge in [-0.3, -0.25) is 0 Å². The number of halogens is 4. The van der Waals surface area contributed by atoms with E-state index in [1.165, 1.54) is 68.9 Å². The van der Waals surface area contributed by atoms with E-state index in [-0.39, 0.29) is 35.6 Å². The van der Waals surface area contributed by atoms with Gasteiger partial charge in [0.1, 0.15) is 0 Å². The second-order valence-electron chi connectivity index (χ2n) is 17.5. The van der Waals surface area contributed by atoms with Crippen LogP contribution in [0, 0.1) is 0 Å². The van der Waals surface area contributed by atoms with Crippen molar-refractivity contribution in [2.24, 2.45) is 0 Å². The first kappa shape index (κ1) is 42.3. The van der Waals surface area contributed by atoms with E-state index in [4.69, 9.17) is 27.5 Å². The molecule has 0 aromatic heterocycles. The van der Waals surface area contributed by atoms with Crippen molar-refractivity contribution in [3.05, 3.63) is 181 Å². The second-order valence-corrected chi connectivity index (χ2v) is 37.1. The molecule has 2 aliphatic carbocycles. The van der Waals surface area contributed by atoms with Gasteiger partial charge in [-0.1, -0.05) is 0 Å². The summed E-state index contributed by atoms with van der Waals surface area (Å²) < 4.78 is 11.1. The number of hydrogen-bond donors (Lipinski definition) is 0. The van der Waals surface area contributed by atoms with Crippen LogP contribution in [0.2, 0.25) is 10.0 Å². The Kier molecular flexibility index (Phi) is 11.7. The molecule has 0 nitrogen and oxygen atoms in total. The fourth-order valence-corrected chi connectivity index (χ4v) is 34.2. The van der Waals surface area contributed by atoms with Gasteiger partial charge in [-0.15, -0.1) is 24.8 Å². The molecule has 0 spiro atoms. The summed E-state index contributed by atoms with van der Waals surface area (Å²) in [4.78, 5) is 0. The van der Waals surface area contributed by atoms with Crippen LogP contribution in [0.4, 0.5) is 0 Å². The minimum atomic E-state index is -5.50. The molecule has 0 saturated heterocycles. The van der Waals surface area contributed by atoms with Gasteiger partial charge in [0.25, 0.3) is 0 Å². The Morgan fingerprint density at radius 1 is 0.571 bits per heavy atom. The van der Waals surface area contributed by atoms with Crippen LogP contribution in [0.1, 0.15) is 70.2 Å². The molecule has 2 aliphatic rings. The van der Waals surface area contributed by atoms with Gasteiger partial charge in [0.15, 0.2) is 0 Å². The molecule has 0 amide bonds. The molecule has 6 aromatic rings. The topological polar surface area (TPSA) is 0 Å². The van der Waals surface area contributed by atoms with Crippen LogP contribution in [-0.2, 0) is 35.3 Å². The van der Waals surface area contributed by atoms with E-state index in [1.807, 2.05) is 12.1 Å². The summed E-state index contributed by atoms with van der Waals surface area (Å²) in [7, 11) is 0. The molecule has 286 valence electrons. The molecule has 0 aliphatic heterocycles. The molecule has 0 saturated carbocycles. The zero-order valence-electron chi connectivity index (χ0n) is 33.1. The first-order chi connectivity index (χ1) is 25.7. The predicted octanol–water partition coefficient (Wildman–Crippen LogP) is 13.6. The quantitative estimate of drug-likeness (QED) is 0.146. The molecule has 0 atom stereocenters. The summed E-state index contributed by atoms with van der Waals surface area (Å²) >= 11 is 8.61. The van der Waals surface area contributed by atoms with Gasteiger partial charge in [-0.05, 0) is 0 Å². The average molecular weight is 983 g/mol. The van der Waals surface area contributed by atoms with Crippen molar-refractivity contribution < 1.29 is 18.0 Å². The summed E-state index contributed by atoms with van der Waals surface area (Å²) in [6, 6.07) is 46.9. The summed E-state index contributed by atoms with van der Waals surface area (Å²) in [5.74, 6) is 0. The van der Waals surface area contributed by atoms with Gasteiger partial charge in [0.2, 0.25) is 0 Å². The van der Waals surface area contributed by atoms with Gasteiger partial charge in [0.05, 0.1) is 0 Å². The first-order valence-electron chi connectivity index (χ1n) is 19.1. The van der Waals surface area contributed by atoms with Crippen molar-refractivity contribution in [3.63, 3.8) is 0 Å². The van der Waals surface area contributed by atoms with Crippen LogP contribution in [0.5, 0.6) is 0 Å². The van der Waals surface area contributed by atoms with E-state index >= 15 is 0 Å². The Morgan fingerprint density at radius 3 is 1.61 bits per heavy atom. The van der Waals surface area contributed by atoms with Crippen molar-refractivity contribution in [2.75, 3.05) is 0 Å². The van der Waals surface area contributed by atoms with E-state index in [1.54, 1.807) is 0 Å².